The highest BCUT2D eigenvalue weighted by molar-refractivity contribution is 6.32. The lowest BCUT2D eigenvalue weighted by molar-refractivity contribution is -0.139. The number of rotatable bonds is 6. The number of carbonyl (C=O) groups excluding carboxylic acids is 1. The van der Waals surface area contributed by atoms with Crippen molar-refractivity contribution in [3.63, 3.8) is 0 Å². The molecule has 1 unspecified atom stereocenters. The van der Waals surface area contributed by atoms with Crippen molar-refractivity contribution in [3.05, 3.63) is 74.8 Å². The first-order valence-corrected chi connectivity index (χ1v) is 8.79. The van der Waals surface area contributed by atoms with Crippen LogP contribution in [0, 0.1) is 20.8 Å². The third-order valence-corrected chi connectivity index (χ3v) is 4.99. The zero-order valence-corrected chi connectivity index (χ0v) is 16.1. The van der Waals surface area contributed by atoms with Crippen LogP contribution in [-0.4, -0.2) is 12.6 Å². The highest BCUT2D eigenvalue weighted by atomic mass is 35.5. The van der Waals surface area contributed by atoms with E-state index >= 15 is 0 Å². The second kappa shape index (κ2) is 8.61. The van der Waals surface area contributed by atoms with Crippen molar-refractivity contribution >= 4 is 24.1 Å². The van der Waals surface area contributed by atoms with Crippen molar-refractivity contribution in [2.24, 2.45) is 0 Å². The van der Waals surface area contributed by atoms with Gasteiger partial charge in [-0.15, -0.1) is 0 Å². The van der Waals surface area contributed by atoms with Crippen LogP contribution in [0.25, 0.3) is 6.08 Å². The van der Waals surface area contributed by atoms with Crippen LogP contribution < -0.4 is 5.32 Å². The Bertz CT molecular complexity index is 836. The fourth-order valence-electron chi connectivity index (χ4n) is 2.95. The average Bonchev–Trinajstić information content (AvgIpc) is 2.58. The molecule has 0 spiro atoms. The van der Waals surface area contributed by atoms with Gasteiger partial charge in [-0.2, -0.15) is 13.2 Å². The molecule has 0 aliphatic rings. The van der Waals surface area contributed by atoms with Gasteiger partial charge in [-0.25, -0.2) is 0 Å². The van der Waals surface area contributed by atoms with Gasteiger partial charge in [-0.05, 0) is 54.2 Å². The average molecular weight is 396 g/mol. The maximum absolute atomic E-state index is 13.6. The molecule has 1 atom stereocenters. The van der Waals surface area contributed by atoms with Crippen molar-refractivity contribution in [1.82, 2.24) is 5.32 Å². The number of hydrogen-bond donors (Lipinski definition) is 1. The summed E-state index contributed by atoms with van der Waals surface area (Å²) in [6.07, 6.45) is -1.16. The molecule has 0 aliphatic carbocycles. The van der Waals surface area contributed by atoms with Crippen molar-refractivity contribution < 1.29 is 18.0 Å². The van der Waals surface area contributed by atoms with Gasteiger partial charge in [0, 0.05) is 11.6 Å². The molecule has 0 aromatic heterocycles. The summed E-state index contributed by atoms with van der Waals surface area (Å²) in [5.41, 5.74) is 3.89. The van der Waals surface area contributed by atoms with Gasteiger partial charge < -0.3 is 5.32 Å². The van der Waals surface area contributed by atoms with Crippen LogP contribution in [0.15, 0.2) is 36.4 Å². The molecule has 6 heteroatoms. The van der Waals surface area contributed by atoms with E-state index in [1.54, 1.807) is 32.0 Å². The highest BCUT2D eigenvalue weighted by Crippen LogP contribution is 2.38. The Hall–Kier alpha value is -2.27. The molecule has 0 bridgehead atoms. The number of aryl methyl sites for hydroxylation is 3. The van der Waals surface area contributed by atoms with E-state index in [2.05, 4.69) is 5.32 Å². The molecule has 0 aliphatic heterocycles. The third kappa shape index (κ3) is 5.36. The molecule has 144 valence electrons. The summed E-state index contributed by atoms with van der Waals surface area (Å²) in [4.78, 5) is 10.4. The Morgan fingerprint density at radius 3 is 2.22 bits per heavy atom. The quantitative estimate of drug-likeness (QED) is 0.609. The minimum atomic E-state index is -4.41. The van der Waals surface area contributed by atoms with Crippen molar-refractivity contribution in [1.29, 1.82) is 0 Å². The fraction of sp³-hybridized carbons (Fsp3) is 0.286. The molecule has 0 fully saturated rings. The molecule has 2 aromatic rings. The molecule has 1 amide bonds. The Kier molecular flexibility index (Phi) is 6.71. The van der Waals surface area contributed by atoms with E-state index in [4.69, 9.17) is 11.6 Å². The summed E-state index contributed by atoms with van der Waals surface area (Å²) in [6.45, 7) is 5.64. The molecule has 0 radical (unpaired) electrons. The van der Waals surface area contributed by atoms with E-state index in [1.165, 1.54) is 24.3 Å². The standard InChI is InChI=1S/C21H21ClF3NO/c1-13-8-16(4-6-17(13)11-26-12-27)5-7-19(21(23,24)25)18-9-14(2)20(22)15(3)10-18/h4-10,12,19H,11H2,1-3H3,(H,26,27)/b7-5+. The number of carbonyl (C=O) groups is 1. The number of allylic oxidation sites excluding steroid dienone is 1. The minimum absolute atomic E-state index is 0.168. The number of nitrogens with one attached hydrogen (secondary N) is 1. The molecule has 2 aromatic carbocycles. The Morgan fingerprint density at radius 1 is 1.07 bits per heavy atom. The largest absolute Gasteiger partial charge is 0.399 e. The summed E-state index contributed by atoms with van der Waals surface area (Å²) < 4.78 is 40.9. The lowest BCUT2D eigenvalue weighted by Gasteiger charge is -2.19. The van der Waals surface area contributed by atoms with Crippen LogP contribution in [0.3, 0.4) is 0 Å². The van der Waals surface area contributed by atoms with Crippen molar-refractivity contribution in [3.8, 4) is 0 Å². The first-order chi connectivity index (χ1) is 12.6. The van der Waals surface area contributed by atoms with Gasteiger partial charge in [0.25, 0.3) is 0 Å². The lowest BCUT2D eigenvalue weighted by atomic mass is 9.93. The number of hydrogen-bond acceptors (Lipinski definition) is 1. The molecule has 0 saturated heterocycles. The highest BCUT2D eigenvalue weighted by Gasteiger charge is 2.39. The zero-order valence-electron chi connectivity index (χ0n) is 15.3. The van der Waals surface area contributed by atoms with Gasteiger partial charge >= 0.3 is 6.18 Å². The number of alkyl halides is 3. The van der Waals surface area contributed by atoms with Gasteiger partial charge in [-0.1, -0.05) is 54.1 Å². The van der Waals surface area contributed by atoms with Crippen LogP contribution in [0.2, 0.25) is 5.02 Å². The second-order valence-corrected chi connectivity index (χ2v) is 6.91. The Morgan fingerprint density at radius 2 is 1.70 bits per heavy atom. The van der Waals surface area contributed by atoms with Gasteiger partial charge in [0.2, 0.25) is 6.41 Å². The zero-order chi connectivity index (χ0) is 20.2. The van der Waals surface area contributed by atoms with Crippen molar-refractivity contribution in [2.75, 3.05) is 0 Å². The number of benzene rings is 2. The molecular weight excluding hydrogens is 375 g/mol. The third-order valence-electron chi connectivity index (χ3n) is 4.39. The van der Waals surface area contributed by atoms with E-state index in [0.717, 1.165) is 11.1 Å². The monoisotopic (exact) mass is 395 g/mol. The smallest absolute Gasteiger partial charge is 0.355 e. The first-order valence-electron chi connectivity index (χ1n) is 8.41. The van der Waals surface area contributed by atoms with Crippen LogP contribution in [-0.2, 0) is 11.3 Å². The summed E-state index contributed by atoms with van der Waals surface area (Å²) in [6, 6.07) is 8.29. The van der Waals surface area contributed by atoms with E-state index in [9.17, 15) is 18.0 Å². The predicted molar refractivity (Wildman–Crippen MR) is 103 cm³/mol. The predicted octanol–water partition coefficient (Wildman–Crippen LogP) is 5.87. The topological polar surface area (TPSA) is 29.1 Å². The molecule has 2 rings (SSSR count). The van der Waals surface area contributed by atoms with E-state index in [1.807, 2.05) is 6.92 Å². The van der Waals surface area contributed by atoms with Gasteiger partial charge in [0.15, 0.2) is 0 Å². The minimum Gasteiger partial charge on any atom is -0.355 e. The van der Waals surface area contributed by atoms with E-state index < -0.39 is 12.1 Å². The summed E-state index contributed by atoms with van der Waals surface area (Å²) in [7, 11) is 0. The lowest BCUT2D eigenvalue weighted by Crippen LogP contribution is -2.19. The second-order valence-electron chi connectivity index (χ2n) is 6.53. The fourth-order valence-corrected chi connectivity index (χ4v) is 3.06. The Labute approximate surface area is 162 Å². The SMILES string of the molecule is Cc1cc(/C=C/C(c2cc(C)c(Cl)c(C)c2)C(F)(F)F)ccc1CNC=O. The van der Waals surface area contributed by atoms with Crippen LogP contribution >= 0.6 is 11.6 Å². The van der Waals surface area contributed by atoms with E-state index in [0.29, 0.717) is 34.7 Å². The molecule has 0 heterocycles. The van der Waals surface area contributed by atoms with Gasteiger partial charge in [0.1, 0.15) is 0 Å². The molecule has 1 N–H and O–H groups in total. The molecule has 0 saturated carbocycles. The van der Waals surface area contributed by atoms with Gasteiger partial charge in [-0.3, -0.25) is 4.79 Å². The molecule has 2 nitrogen and oxygen atoms in total. The molecule has 27 heavy (non-hydrogen) atoms. The first kappa shape index (κ1) is 21.0. The van der Waals surface area contributed by atoms with Crippen LogP contribution in [0.4, 0.5) is 13.2 Å². The summed E-state index contributed by atoms with van der Waals surface area (Å²) >= 11 is 6.08. The van der Waals surface area contributed by atoms with Gasteiger partial charge in [0.05, 0.1) is 5.92 Å². The van der Waals surface area contributed by atoms with Crippen LogP contribution in [0.1, 0.15) is 39.3 Å². The van der Waals surface area contributed by atoms with Crippen LogP contribution in [0.5, 0.6) is 0 Å². The van der Waals surface area contributed by atoms with Crippen molar-refractivity contribution in [2.45, 2.75) is 39.4 Å². The summed E-state index contributed by atoms with van der Waals surface area (Å²) in [5, 5.41) is 3.06. The summed E-state index contributed by atoms with van der Waals surface area (Å²) in [5.74, 6) is -1.72. The number of halogens is 4. The maximum Gasteiger partial charge on any atom is 0.399 e. The van der Waals surface area contributed by atoms with E-state index in [-0.39, 0.29) is 5.56 Å². The maximum atomic E-state index is 13.6. The Balaban J connectivity index is 2.34. The molecular formula is C21H21ClF3NO. The number of amides is 1. The normalized spacial score (nSPS) is 13.0.